The minimum atomic E-state index is -0.433. The fourth-order valence-corrected chi connectivity index (χ4v) is 3.39. The highest BCUT2D eigenvalue weighted by Gasteiger charge is 2.19. The van der Waals surface area contributed by atoms with Crippen LogP contribution in [-0.2, 0) is 11.3 Å². The lowest BCUT2D eigenvalue weighted by Crippen LogP contribution is -2.37. The zero-order valence-corrected chi connectivity index (χ0v) is 18.4. The first-order valence-electron chi connectivity index (χ1n) is 9.16. The van der Waals surface area contributed by atoms with Gasteiger partial charge in [0.05, 0.1) is 17.9 Å². The van der Waals surface area contributed by atoms with Gasteiger partial charge in [0.15, 0.2) is 10.4 Å². The molecule has 152 valence electrons. The maximum atomic E-state index is 12.5. The van der Waals surface area contributed by atoms with Crippen LogP contribution < -0.4 is 5.32 Å². The minimum absolute atomic E-state index is 0.113. The Morgan fingerprint density at radius 3 is 2.55 bits per heavy atom. The van der Waals surface area contributed by atoms with E-state index in [1.165, 1.54) is 0 Å². The molecular weight excluding hydrogens is 436 g/mol. The summed E-state index contributed by atoms with van der Waals surface area (Å²) in [4.78, 5) is 26.1. The third kappa shape index (κ3) is 4.59. The number of nitrogens with one attached hydrogen (secondary N) is 1. The van der Waals surface area contributed by atoms with E-state index in [9.17, 15) is 9.59 Å². The van der Waals surface area contributed by atoms with Crippen molar-refractivity contribution in [3.8, 4) is 5.69 Å². The van der Waals surface area contributed by atoms with Crippen LogP contribution in [0, 0.1) is 20.8 Å². The van der Waals surface area contributed by atoms with Crippen LogP contribution >= 0.6 is 15.9 Å². The van der Waals surface area contributed by atoms with Crippen molar-refractivity contribution in [3.63, 3.8) is 0 Å². The van der Waals surface area contributed by atoms with Gasteiger partial charge in [-0.25, -0.2) is 4.68 Å². The average Bonchev–Trinajstić information content (AvgIpc) is 3.24. The number of nitrogens with zero attached hydrogens (tertiary/aromatic N) is 3. The molecule has 3 rings (SSSR count). The number of hydrogen-bond acceptors (Lipinski definition) is 4. The van der Waals surface area contributed by atoms with Crippen LogP contribution in [0.25, 0.3) is 5.69 Å². The van der Waals surface area contributed by atoms with Crippen molar-refractivity contribution in [2.75, 3.05) is 13.6 Å². The third-order valence-electron chi connectivity index (χ3n) is 4.80. The minimum Gasteiger partial charge on any atom is -0.444 e. The molecule has 0 saturated heterocycles. The number of amides is 2. The number of benzene rings is 1. The normalized spacial score (nSPS) is 10.8. The summed E-state index contributed by atoms with van der Waals surface area (Å²) >= 11 is 3.15. The predicted molar refractivity (Wildman–Crippen MR) is 113 cm³/mol. The van der Waals surface area contributed by atoms with Crippen LogP contribution in [0.2, 0.25) is 0 Å². The van der Waals surface area contributed by atoms with Crippen molar-refractivity contribution in [2.24, 2.45) is 0 Å². The first kappa shape index (κ1) is 20.9. The molecule has 2 heterocycles. The second kappa shape index (κ2) is 8.65. The summed E-state index contributed by atoms with van der Waals surface area (Å²) in [5.41, 5.74) is 4.99. The van der Waals surface area contributed by atoms with Gasteiger partial charge in [-0.15, -0.1) is 0 Å². The zero-order valence-electron chi connectivity index (χ0n) is 16.8. The van der Waals surface area contributed by atoms with Gasteiger partial charge < -0.3 is 14.6 Å². The van der Waals surface area contributed by atoms with Gasteiger partial charge in [-0.2, -0.15) is 5.10 Å². The lowest BCUT2D eigenvalue weighted by atomic mass is 10.1. The molecule has 0 fully saturated rings. The maximum absolute atomic E-state index is 12.5. The summed E-state index contributed by atoms with van der Waals surface area (Å²) in [6.07, 6.45) is 0. The Morgan fingerprint density at radius 1 is 1.17 bits per heavy atom. The van der Waals surface area contributed by atoms with Crippen molar-refractivity contribution in [3.05, 3.63) is 69.3 Å². The first-order chi connectivity index (χ1) is 13.8. The standard InChI is InChI=1S/C21H23BrN4O3/c1-13-7-5-6-8-17(13)26-15(3)16(14(2)24-26)12-25(4)20(27)11-23-21(28)18-9-10-19(22)29-18/h5-10H,11-12H2,1-4H3,(H,23,28). The van der Waals surface area contributed by atoms with E-state index in [4.69, 9.17) is 4.42 Å². The fourth-order valence-electron chi connectivity index (χ4n) is 3.08. The number of furan rings is 1. The number of para-hydroxylation sites is 1. The molecule has 0 spiro atoms. The van der Waals surface area contributed by atoms with E-state index in [0.717, 1.165) is 28.2 Å². The van der Waals surface area contributed by atoms with Crippen LogP contribution in [0.15, 0.2) is 45.5 Å². The molecule has 1 aromatic carbocycles. The number of aromatic nitrogens is 2. The third-order valence-corrected chi connectivity index (χ3v) is 5.23. The Morgan fingerprint density at radius 2 is 1.90 bits per heavy atom. The lowest BCUT2D eigenvalue weighted by molar-refractivity contribution is -0.129. The molecule has 0 aliphatic rings. The number of likely N-dealkylation sites (N-methyl/N-ethyl adjacent to an activating group) is 1. The summed E-state index contributed by atoms with van der Waals surface area (Å²) in [5.74, 6) is -0.484. The second-order valence-electron chi connectivity index (χ2n) is 6.88. The summed E-state index contributed by atoms with van der Waals surface area (Å²) < 4.78 is 7.56. The van der Waals surface area contributed by atoms with Gasteiger partial charge in [0.2, 0.25) is 5.91 Å². The van der Waals surface area contributed by atoms with Gasteiger partial charge >= 0.3 is 0 Å². The van der Waals surface area contributed by atoms with Gasteiger partial charge in [0.1, 0.15) is 0 Å². The van der Waals surface area contributed by atoms with Crippen LogP contribution in [0.4, 0.5) is 0 Å². The van der Waals surface area contributed by atoms with E-state index in [-0.39, 0.29) is 18.2 Å². The highest BCUT2D eigenvalue weighted by atomic mass is 79.9. The average molecular weight is 459 g/mol. The summed E-state index contributed by atoms with van der Waals surface area (Å²) in [6.45, 7) is 6.27. The van der Waals surface area contributed by atoms with Crippen LogP contribution in [0.5, 0.6) is 0 Å². The molecule has 2 amide bonds. The highest BCUT2D eigenvalue weighted by molar-refractivity contribution is 9.10. The van der Waals surface area contributed by atoms with Gasteiger partial charge in [-0.05, 0) is 60.5 Å². The number of halogens is 1. The van der Waals surface area contributed by atoms with Crippen molar-refractivity contribution in [2.45, 2.75) is 27.3 Å². The topological polar surface area (TPSA) is 80.4 Å². The van der Waals surface area contributed by atoms with Crippen LogP contribution in [0.3, 0.4) is 0 Å². The molecule has 7 nitrogen and oxygen atoms in total. The summed E-state index contributed by atoms with van der Waals surface area (Å²) in [6, 6.07) is 11.2. The van der Waals surface area contributed by atoms with Crippen LogP contribution in [0.1, 0.15) is 33.1 Å². The van der Waals surface area contributed by atoms with E-state index in [2.05, 4.69) is 26.3 Å². The van der Waals surface area contributed by atoms with Crippen molar-refractivity contribution in [1.82, 2.24) is 20.0 Å². The molecule has 1 N–H and O–H groups in total. The largest absolute Gasteiger partial charge is 0.444 e. The van der Waals surface area contributed by atoms with E-state index in [1.807, 2.05) is 49.7 Å². The number of carbonyl (C=O) groups is 2. The molecular formula is C21H23BrN4O3. The Labute approximate surface area is 177 Å². The highest BCUT2D eigenvalue weighted by Crippen LogP contribution is 2.21. The molecule has 0 radical (unpaired) electrons. The molecule has 3 aromatic rings. The smallest absolute Gasteiger partial charge is 0.287 e. The Kier molecular flexibility index (Phi) is 6.22. The SMILES string of the molecule is Cc1ccccc1-n1nc(C)c(CN(C)C(=O)CNC(=O)c2ccc(Br)o2)c1C. The van der Waals surface area contributed by atoms with E-state index in [0.29, 0.717) is 11.2 Å². The molecule has 8 heteroatoms. The van der Waals surface area contributed by atoms with Gasteiger partial charge in [-0.3, -0.25) is 9.59 Å². The Bertz CT molecular complexity index is 1050. The lowest BCUT2D eigenvalue weighted by Gasteiger charge is -2.18. The van der Waals surface area contributed by atoms with Crippen molar-refractivity contribution in [1.29, 1.82) is 0 Å². The molecule has 2 aromatic heterocycles. The number of hydrogen-bond donors (Lipinski definition) is 1. The second-order valence-corrected chi connectivity index (χ2v) is 7.67. The molecule has 29 heavy (non-hydrogen) atoms. The number of aryl methyl sites for hydroxylation is 2. The zero-order chi connectivity index (χ0) is 21.1. The van der Waals surface area contributed by atoms with Gasteiger partial charge in [-0.1, -0.05) is 18.2 Å². The monoisotopic (exact) mass is 458 g/mol. The maximum Gasteiger partial charge on any atom is 0.287 e. The molecule has 0 saturated carbocycles. The van der Waals surface area contributed by atoms with Crippen molar-refractivity contribution < 1.29 is 14.0 Å². The number of rotatable bonds is 6. The van der Waals surface area contributed by atoms with Gasteiger partial charge in [0, 0.05) is 24.8 Å². The number of carbonyl (C=O) groups excluding carboxylic acids is 2. The molecule has 0 unspecified atom stereocenters. The van der Waals surface area contributed by atoms with E-state index in [1.54, 1.807) is 24.1 Å². The van der Waals surface area contributed by atoms with Crippen molar-refractivity contribution >= 4 is 27.7 Å². The summed E-state index contributed by atoms with van der Waals surface area (Å²) in [5, 5.41) is 7.24. The molecule has 0 aliphatic heterocycles. The van der Waals surface area contributed by atoms with E-state index >= 15 is 0 Å². The molecule has 0 atom stereocenters. The first-order valence-corrected chi connectivity index (χ1v) is 9.96. The molecule has 0 bridgehead atoms. The Balaban J connectivity index is 1.67. The van der Waals surface area contributed by atoms with Gasteiger partial charge in [0.25, 0.3) is 5.91 Å². The molecule has 0 aliphatic carbocycles. The quantitative estimate of drug-likeness (QED) is 0.612. The predicted octanol–water partition coefficient (Wildman–Crippen LogP) is 3.54. The summed E-state index contributed by atoms with van der Waals surface area (Å²) in [7, 11) is 1.71. The Hall–Kier alpha value is -2.87. The van der Waals surface area contributed by atoms with Crippen LogP contribution in [-0.4, -0.2) is 40.1 Å². The van der Waals surface area contributed by atoms with E-state index < -0.39 is 5.91 Å². The fraction of sp³-hybridized carbons (Fsp3) is 0.286.